The Kier molecular flexibility index (Phi) is 5.91. The van der Waals surface area contributed by atoms with Crippen molar-refractivity contribution < 1.29 is 9.82 Å². The van der Waals surface area contributed by atoms with Crippen LogP contribution in [0.15, 0.2) is 29.2 Å². The molecule has 114 valence electrons. The van der Waals surface area contributed by atoms with E-state index in [0.29, 0.717) is 5.25 Å². The van der Waals surface area contributed by atoms with Gasteiger partial charge in [0.25, 0.3) is 0 Å². The number of benzene rings is 1. The second-order valence-corrected chi connectivity index (χ2v) is 7.65. The third kappa shape index (κ3) is 4.60. The lowest BCUT2D eigenvalue weighted by Gasteiger charge is -2.31. The molecule has 1 aromatic carbocycles. The fourth-order valence-corrected chi connectivity index (χ4v) is 3.58. The average molecular weight is 305 g/mol. The van der Waals surface area contributed by atoms with Gasteiger partial charge < -0.3 is 9.83 Å². The van der Waals surface area contributed by atoms with Gasteiger partial charge >= 0.3 is 7.05 Å². The Hall–Kier alpha value is -0.775. The Balaban J connectivity index is 1.94. The fraction of sp³-hybridized carbons (Fsp3) is 0.562. The maximum atomic E-state index is 12.5. The highest BCUT2D eigenvalue weighted by atomic mass is 32.2. The lowest BCUT2D eigenvalue weighted by Crippen LogP contribution is -2.44. The summed E-state index contributed by atoms with van der Waals surface area (Å²) >= 11 is 1.81. The van der Waals surface area contributed by atoms with Crippen LogP contribution >= 0.6 is 11.8 Å². The molecule has 1 fully saturated rings. The van der Waals surface area contributed by atoms with Crippen molar-refractivity contribution in [3.8, 4) is 0 Å². The molecule has 1 aliphatic heterocycles. The number of nitrogens with zero attached hydrogens (tertiary/aromatic N) is 1. The summed E-state index contributed by atoms with van der Waals surface area (Å²) in [4.78, 5) is 15.8. The zero-order chi connectivity index (χ0) is 15.4. The minimum Gasteiger partial charge on any atom is -0.437 e. The molecular weight excluding hydrogens is 281 g/mol. The second kappa shape index (κ2) is 7.48. The topological polar surface area (TPSA) is 40.5 Å². The third-order valence-electron chi connectivity index (χ3n) is 3.94. The standard InChI is InChI=1S/C16H24BNO2S/c1-12(2)21-15-6-4-13(5-7-15)16(19)14-8-10-18(11-9-14)17(3)20/h4-7,12,14,20H,8-11H2,1-3H3. The molecule has 1 heterocycles. The van der Waals surface area contributed by atoms with Crippen molar-refractivity contribution >= 4 is 24.6 Å². The van der Waals surface area contributed by atoms with Gasteiger partial charge in [-0.1, -0.05) is 26.0 Å². The Morgan fingerprint density at radius 1 is 1.29 bits per heavy atom. The number of carbonyl (C=O) groups is 1. The molecule has 1 aromatic rings. The molecule has 0 atom stereocenters. The molecule has 0 spiro atoms. The van der Waals surface area contributed by atoms with Crippen LogP contribution in [0.1, 0.15) is 37.0 Å². The molecule has 0 bridgehead atoms. The van der Waals surface area contributed by atoms with Crippen molar-refractivity contribution in [2.45, 2.75) is 43.7 Å². The van der Waals surface area contributed by atoms with E-state index in [0.717, 1.165) is 31.5 Å². The van der Waals surface area contributed by atoms with Gasteiger partial charge in [0, 0.05) is 21.6 Å². The smallest absolute Gasteiger partial charge is 0.376 e. The first-order chi connectivity index (χ1) is 9.97. The molecule has 0 aromatic heterocycles. The zero-order valence-electron chi connectivity index (χ0n) is 13.1. The second-order valence-electron chi connectivity index (χ2n) is 6.00. The van der Waals surface area contributed by atoms with Gasteiger partial charge in [0.1, 0.15) is 0 Å². The van der Waals surface area contributed by atoms with Gasteiger partial charge in [0.15, 0.2) is 5.78 Å². The van der Waals surface area contributed by atoms with Gasteiger partial charge in [-0.2, -0.15) is 0 Å². The number of hydrogen-bond donors (Lipinski definition) is 1. The van der Waals surface area contributed by atoms with Crippen LogP contribution < -0.4 is 0 Å². The van der Waals surface area contributed by atoms with Gasteiger partial charge in [-0.05, 0) is 44.9 Å². The normalized spacial score (nSPS) is 17.2. The van der Waals surface area contributed by atoms with E-state index in [9.17, 15) is 9.82 Å². The molecule has 5 heteroatoms. The first kappa shape index (κ1) is 16.6. The summed E-state index contributed by atoms with van der Waals surface area (Å²) in [6.07, 6.45) is 1.68. The molecule has 21 heavy (non-hydrogen) atoms. The van der Waals surface area contributed by atoms with Crippen LogP contribution in [-0.2, 0) is 0 Å². The maximum Gasteiger partial charge on any atom is 0.376 e. The van der Waals surface area contributed by atoms with Crippen molar-refractivity contribution in [2.24, 2.45) is 5.92 Å². The summed E-state index contributed by atoms with van der Waals surface area (Å²) in [6, 6.07) is 7.99. The van der Waals surface area contributed by atoms with Gasteiger partial charge in [-0.3, -0.25) is 4.79 Å². The van der Waals surface area contributed by atoms with Crippen molar-refractivity contribution in [1.82, 2.24) is 4.81 Å². The molecule has 2 rings (SSSR count). The van der Waals surface area contributed by atoms with E-state index < -0.39 is 7.05 Å². The number of carbonyl (C=O) groups excluding carboxylic acids is 1. The molecule has 3 nitrogen and oxygen atoms in total. The fourth-order valence-electron chi connectivity index (χ4n) is 2.74. The van der Waals surface area contributed by atoms with Crippen LogP contribution in [0.4, 0.5) is 0 Å². The molecule has 0 saturated carbocycles. The lowest BCUT2D eigenvalue weighted by atomic mass is 9.79. The van der Waals surface area contributed by atoms with Crippen molar-refractivity contribution in [1.29, 1.82) is 0 Å². The largest absolute Gasteiger partial charge is 0.437 e. The predicted molar refractivity (Wildman–Crippen MR) is 89.9 cm³/mol. The van der Waals surface area contributed by atoms with Gasteiger partial charge in [-0.15, -0.1) is 11.8 Å². The average Bonchev–Trinajstić information content (AvgIpc) is 2.47. The predicted octanol–water partition coefficient (Wildman–Crippen LogP) is 3.19. The highest BCUT2D eigenvalue weighted by Crippen LogP contribution is 2.26. The van der Waals surface area contributed by atoms with Crippen LogP contribution in [-0.4, -0.2) is 41.0 Å². The Morgan fingerprint density at radius 3 is 2.33 bits per heavy atom. The zero-order valence-corrected chi connectivity index (χ0v) is 13.9. The van der Waals surface area contributed by atoms with Crippen LogP contribution in [0, 0.1) is 5.92 Å². The monoisotopic (exact) mass is 305 g/mol. The summed E-state index contributed by atoms with van der Waals surface area (Å²) in [5.41, 5.74) is 0.818. The summed E-state index contributed by atoms with van der Waals surface area (Å²) in [7, 11) is -0.409. The number of hydrogen-bond acceptors (Lipinski definition) is 4. The number of ketones is 1. The van der Waals surface area contributed by atoms with E-state index in [-0.39, 0.29) is 11.7 Å². The molecule has 0 unspecified atom stereocenters. The lowest BCUT2D eigenvalue weighted by molar-refractivity contribution is 0.0870. The van der Waals surface area contributed by atoms with Gasteiger partial charge in [0.2, 0.25) is 0 Å². The van der Waals surface area contributed by atoms with Gasteiger partial charge in [-0.25, -0.2) is 0 Å². The van der Waals surface area contributed by atoms with Crippen molar-refractivity contribution in [3.63, 3.8) is 0 Å². The first-order valence-electron chi connectivity index (χ1n) is 7.70. The molecule has 0 amide bonds. The Bertz CT molecular complexity index is 468. The van der Waals surface area contributed by atoms with Crippen molar-refractivity contribution in [2.75, 3.05) is 13.1 Å². The summed E-state index contributed by atoms with van der Waals surface area (Å²) in [5, 5.41) is 10.1. The molecule has 0 aliphatic carbocycles. The van der Waals surface area contributed by atoms with Crippen LogP contribution in [0.3, 0.4) is 0 Å². The van der Waals surface area contributed by atoms with E-state index >= 15 is 0 Å². The van der Waals surface area contributed by atoms with E-state index in [1.165, 1.54) is 4.90 Å². The van der Waals surface area contributed by atoms with Gasteiger partial charge in [0.05, 0.1) is 0 Å². The van der Waals surface area contributed by atoms with Crippen LogP contribution in [0.5, 0.6) is 0 Å². The Morgan fingerprint density at radius 2 is 1.86 bits per heavy atom. The number of Topliss-reactive ketones (excluding diaryl/α,β-unsaturated/α-hetero) is 1. The van der Waals surface area contributed by atoms with E-state index in [2.05, 4.69) is 13.8 Å². The summed E-state index contributed by atoms with van der Waals surface area (Å²) in [5.74, 6) is 0.352. The highest BCUT2D eigenvalue weighted by molar-refractivity contribution is 7.99. The molecule has 1 saturated heterocycles. The van der Waals surface area contributed by atoms with E-state index in [4.69, 9.17) is 0 Å². The minimum absolute atomic E-state index is 0.101. The molecule has 1 aliphatic rings. The molecular formula is C16H24BNO2S. The SMILES string of the molecule is CB(O)N1CCC(C(=O)c2ccc(SC(C)C)cc2)CC1. The number of piperidine rings is 1. The van der Waals surface area contributed by atoms with Crippen LogP contribution in [0.25, 0.3) is 0 Å². The number of thioether (sulfide) groups is 1. The molecule has 0 radical (unpaired) electrons. The van der Waals surface area contributed by atoms with E-state index in [1.807, 2.05) is 40.8 Å². The Labute approximate surface area is 132 Å². The van der Waals surface area contributed by atoms with E-state index in [1.54, 1.807) is 6.82 Å². The van der Waals surface area contributed by atoms with Crippen molar-refractivity contribution in [3.05, 3.63) is 29.8 Å². The summed E-state index contributed by atoms with van der Waals surface area (Å²) < 4.78 is 0. The highest BCUT2D eigenvalue weighted by Gasteiger charge is 2.28. The van der Waals surface area contributed by atoms with Crippen LogP contribution in [0.2, 0.25) is 6.82 Å². The number of rotatable bonds is 5. The molecule has 1 N–H and O–H groups in total. The quantitative estimate of drug-likeness (QED) is 0.515. The third-order valence-corrected chi connectivity index (χ3v) is 4.96. The summed E-state index contributed by atoms with van der Waals surface area (Å²) in [6.45, 7) is 7.72. The maximum absolute atomic E-state index is 12.5. The minimum atomic E-state index is -0.409. The first-order valence-corrected chi connectivity index (χ1v) is 8.58.